The maximum atomic E-state index is 5.91. The molecule has 0 saturated heterocycles. The fraction of sp³-hybridized carbons (Fsp3) is 0.308. The third-order valence-electron chi connectivity index (χ3n) is 3.16. The Hall–Kier alpha value is -1.77. The van der Waals surface area contributed by atoms with Crippen LogP contribution in [0, 0.1) is 27.7 Å². The minimum absolute atomic E-state index is 0.808. The summed E-state index contributed by atoms with van der Waals surface area (Å²) in [7, 11) is 0. The van der Waals surface area contributed by atoms with Gasteiger partial charge in [-0.3, -0.25) is 0 Å². The molecule has 0 atom stereocenters. The molecule has 2 rings (SSSR count). The van der Waals surface area contributed by atoms with Crippen molar-refractivity contribution in [3.8, 4) is 5.69 Å². The van der Waals surface area contributed by atoms with E-state index in [1.165, 1.54) is 11.3 Å². The summed E-state index contributed by atoms with van der Waals surface area (Å²) < 4.78 is 1.94. The molecule has 1 aromatic heterocycles. The summed E-state index contributed by atoms with van der Waals surface area (Å²) in [6.07, 6.45) is 0. The first-order chi connectivity index (χ1) is 7.50. The van der Waals surface area contributed by atoms with Gasteiger partial charge in [-0.1, -0.05) is 6.07 Å². The van der Waals surface area contributed by atoms with Gasteiger partial charge >= 0.3 is 0 Å². The lowest BCUT2D eigenvalue weighted by molar-refractivity contribution is 0.833. The lowest BCUT2D eigenvalue weighted by Gasteiger charge is -2.07. The number of nitrogen functional groups attached to an aromatic ring is 1. The van der Waals surface area contributed by atoms with Crippen molar-refractivity contribution in [2.75, 3.05) is 5.73 Å². The highest BCUT2D eigenvalue weighted by atomic mass is 15.3. The van der Waals surface area contributed by atoms with E-state index < -0.39 is 0 Å². The third-order valence-corrected chi connectivity index (χ3v) is 3.16. The Bertz CT molecular complexity index is 538. The lowest BCUT2D eigenvalue weighted by Crippen LogP contribution is -2.01. The molecule has 0 saturated carbocycles. The van der Waals surface area contributed by atoms with Crippen LogP contribution < -0.4 is 5.73 Å². The van der Waals surface area contributed by atoms with Crippen molar-refractivity contribution in [3.05, 3.63) is 40.7 Å². The van der Waals surface area contributed by atoms with Crippen LogP contribution in [0.15, 0.2) is 18.2 Å². The Labute approximate surface area is 95.9 Å². The Kier molecular flexibility index (Phi) is 2.46. The molecule has 0 fully saturated rings. The predicted molar refractivity (Wildman–Crippen MR) is 66.9 cm³/mol. The number of benzene rings is 1. The van der Waals surface area contributed by atoms with Crippen LogP contribution in [0.5, 0.6) is 0 Å². The molecule has 84 valence electrons. The summed E-state index contributed by atoms with van der Waals surface area (Å²) in [5.74, 6) is 0. The van der Waals surface area contributed by atoms with Crippen LogP contribution in [-0.2, 0) is 0 Å². The van der Waals surface area contributed by atoms with Gasteiger partial charge < -0.3 is 5.73 Å². The third kappa shape index (κ3) is 1.58. The maximum Gasteiger partial charge on any atom is 0.0669 e. The Morgan fingerprint density at radius 1 is 1.12 bits per heavy atom. The van der Waals surface area contributed by atoms with Crippen LogP contribution in [0.3, 0.4) is 0 Å². The molecule has 3 nitrogen and oxygen atoms in total. The second-order valence-corrected chi connectivity index (χ2v) is 4.25. The van der Waals surface area contributed by atoms with Gasteiger partial charge in [0, 0.05) is 11.4 Å². The number of hydrogen-bond donors (Lipinski definition) is 1. The van der Waals surface area contributed by atoms with Gasteiger partial charge in [0.25, 0.3) is 0 Å². The van der Waals surface area contributed by atoms with Gasteiger partial charge in [0.05, 0.1) is 11.4 Å². The van der Waals surface area contributed by atoms with E-state index in [1.807, 2.05) is 36.7 Å². The molecule has 3 heteroatoms. The first-order valence-corrected chi connectivity index (χ1v) is 5.40. The molecule has 0 unspecified atom stereocenters. The van der Waals surface area contributed by atoms with Crippen molar-refractivity contribution >= 4 is 5.69 Å². The highest BCUT2D eigenvalue weighted by Gasteiger charge is 2.09. The predicted octanol–water partition coefficient (Wildman–Crippen LogP) is 2.69. The van der Waals surface area contributed by atoms with E-state index in [-0.39, 0.29) is 0 Å². The minimum atomic E-state index is 0.808. The molecule has 16 heavy (non-hydrogen) atoms. The molecule has 0 bridgehead atoms. The quantitative estimate of drug-likeness (QED) is 0.743. The van der Waals surface area contributed by atoms with Crippen LogP contribution in [0.2, 0.25) is 0 Å². The highest BCUT2D eigenvalue weighted by Crippen LogP contribution is 2.20. The van der Waals surface area contributed by atoms with Gasteiger partial charge in [-0.15, -0.1) is 0 Å². The second kappa shape index (κ2) is 3.67. The van der Waals surface area contributed by atoms with E-state index in [9.17, 15) is 0 Å². The lowest BCUT2D eigenvalue weighted by atomic mass is 10.2. The SMILES string of the molecule is Cc1ccc(-n2nc(C)c(C)c2C)cc1N. The zero-order valence-electron chi connectivity index (χ0n) is 10.2. The van der Waals surface area contributed by atoms with E-state index in [0.29, 0.717) is 0 Å². The standard InChI is InChI=1S/C13H17N3/c1-8-5-6-12(7-13(8)14)16-11(4)9(2)10(3)15-16/h5-7H,14H2,1-4H3. The summed E-state index contributed by atoms with van der Waals surface area (Å²) in [6, 6.07) is 6.04. The molecular formula is C13H17N3. The van der Waals surface area contributed by atoms with Gasteiger partial charge in [-0.05, 0) is 51.0 Å². The smallest absolute Gasteiger partial charge is 0.0669 e. The van der Waals surface area contributed by atoms with Crippen LogP contribution >= 0.6 is 0 Å². The molecule has 0 amide bonds. The largest absolute Gasteiger partial charge is 0.398 e. The number of nitrogens with zero attached hydrogens (tertiary/aromatic N) is 2. The molecule has 0 radical (unpaired) electrons. The summed E-state index contributed by atoms with van der Waals surface area (Å²) >= 11 is 0. The average Bonchev–Trinajstić information content (AvgIpc) is 2.50. The van der Waals surface area contributed by atoms with Gasteiger partial charge in [0.2, 0.25) is 0 Å². The molecule has 1 heterocycles. The fourth-order valence-corrected chi connectivity index (χ4v) is 1.73. The minimum Gasteiger partial charge on any atom is -0.398 e. The number of aryl methyl sites for hydroxylation is 2. The van der Waals surface area contributed by atoms with Gasteiger partial charge in [0.1, 0.15) is 0 Å². The zero-order valence-corrected chi connectivity index (χ0v) is 10.2. The van der Waals surface area contributed by atoms with E-state index >= 15 is 0 Å². The summed E-state index contributed by atoms with van der Waals surface area (Å²) in [5.41, 5.74) is 12.3. The van der Waals surface area contributed by atoms with E-state index in [2.05, 4.69) is 18.9 Å². The Morgan fingerprint density at radius 3 is 2.31 bits per heavy atom. The van der Waals surface area contributed by atoms with Crippen LogP contribution in [0.4, 0.5) is 5.69 Å². The number of rotatable bonds is 1. The van der Waals surface area contributed by atoms with Crippen molar-refractivity contribution in [2.24, 2.45) is 0 Å². The number of nitrogens with two attached hydrogens (primary N) is 1. The van der Waals surface area contributed by atoms with Crippen molar-refractivity contribution in [1.82, 2.24) is 9.78 Å². The van der Waals surface area contributed by atoms with Crippen molar-refractivity contribution in [2.45, 2.75) is 27.7 Å². The molecule has 2 N–H and O–H groups in total. The number of anilines is 1. The summed E-state index contributed by atoms with van der Waals surface area (Å²) in [5, 5.41) is 4.51. The monoisotopic (exact) mass is 215 g/mol. The summed E-state index contributed by atoms with van der Waals surface area (Å²) in [4.78, 5) is 0. The number of hydrogen-bond acceptors (Lipinski definition) is 2. The highest BCUT2D eigenvalue weighted by molar-refractivity contribution is 5.53. The van der Waals surface area contributed by atoms with E-state index in [1.54, 1.807) is 0 Å². The molecule has 0 spiro atoms. The molecular weight excluding hydrogens is 198 g/mol. The van der Waals surface area contributed by atoms with Crippen LogP contribution in [0.25, 0.3) is 5.69 Å². The Morgan fingerprint density at radius 2 is 1.81 bits per heavy atom. The number of aromatic nitrogens is 2. The average molecular weight is 215 g/mol. The zero-order chi connectivity index (χ0) is 11.9. The van der Waals surface area contributed by atoms with Crippen LogP contribution in [-0.4, -0.2) is 9.78 Å². The van der Waals surface area contributed by atoms with Crippen LogP contribution in [0.1, 0.15) is 22.5 Å². The fourth-order valence-electron chi connectivity index (χ4n) is 1.73. The summed E-state index contributed by atoms with van der Waals surface area (Å²) in [6.45, 7) is 8.19. The molecule has 2 aromatic rings. The van der Waals surface area contributed by atoms with E-state index in [0.717, 1.165) is 22.6 Å². The first kappa shape index (κ1) is 10.7. The molecule has 0 aliphatic heterocycles. The maximum absolute atomic E-state index is 5.91. The van der Waals surface area contributed by atoms with E-state index in [4.69, 9.17) is 5.73 Å². The molecule has 0 aliphatic rings. The Balaban J connectivity index is 2.59. The topological polar surface area (TPSA) is 43.8 Å². The van der Waals surface area contributed by atoms with Crippen molar-refractivity contribution in [1.29, 1.82) is 0 Å². The van der Waals surface area contributed by atoms with Crippen molar-refractivity contribution in [3.63, 3.8) is 0 Å². The second-order valence-electron chi connectivity index (χ2n) is 4.25. The first-order valence-electron chi connectivity index (χ1n) is 5.40. The molecule has 1 aromatic carbocycles. The van der Waals surface area contributed by atoms with Gasteiger partial charge in [-0.2, -0.15) is 5.10 Å². The molecule has 0 aliphatic carbocycles. The van der Waals surface area contributed by atoms with Crippen molar-refractivity contribution < 1.29 is 0 Å². The normalized spacial score (nSPS) is 10.8. The van der Waals surface area contributed by atoms with Gasteiger partial charge in [-0.25, -0.2) is 4.68 Å². The van der Waals surface area contributed by atoms with Gasteiger partial charge in [0.15, 0.2) is 0 Å².